The van der Waals surface area contributed by atoms with Gasteiger partial charge in [0.15, 0.2) is 5.69 Å². The monoisotopic (exact) mass is 418 g/mol. The summed E-state index contributed by atoms with van der Waals surface area (Å²) in [6.07, 6.45) is -3.41. The van der Waals surface area contributed by atoms with Gasteiger partial charge in [-0.25, -0.2) is 4.68 Å². The Bertz CT molecular complexity index is 1070. The van der Waals surface area contributed by atoms with Crippen molar-refractivity contribution < 1.29 is 22.7 Å². The minimum absolute atomic E-state index is 0.129. The van der Waals surface area contributed by atoms with Crippen LogP contribution in [0.3, 0.4) is 0 Å². The van der Waals surface area contributed by atoms with E-state index in [9.17, 15) is 18.0 Å². The minimum atomic E-state index is -4.56. The molecular weight excluding hydrogens is 397 g/mol. The summed E-state index contributed by atoms with van der Waals surface area (Å²) in [5.41, 5.74) is 0.0258. The maximum atomic E-state index is 13.2. The molecular formula is C21H21F3N4O2. The number of methoxy groups -OCH3 is 1. The molecule has 0 atom stereocenters. The van der Waals surface area contributed by atoms with Gasteiger partial charge < -0.3 is 10.1 Å². The molecule has 1 heterocycles. The van der Waals surface area contributed by atoms with Crippen molar-refractivity contribution in [1.82, 2.24) is 15.0 Å². The summed E-state index contributed by atoms with van der Waals surface area (Å²) in [5.74, 6) is -0.166. The molecule has 0 bridgehead atoms. The van der Waals surface area contributed by atoms with Crippen molar-refractivity contribution in [2.75, 3.05) is 12.4 Å². The van der Waals surface area contributed by atoms with Crippen molar-refractivity contribution in [1.29, 1.82) is 0 Å². The Labute approximate surface area is 171 Å². The van der Waals surface area contributed by atoms with E-state index in [1.807, 2.05) is 26.8 Å². The fraction of sp³-hybridized carbons (Fsp3) is 0.286. The number of halogens is 3. The molecule has 9 heteroatoms. The lowest BCUT2D eigenvalue weighted by Gasteiger charge is -2.21. The molecule has 0 saturated carbocycles. The lowest BCUT2D eigenvalue weighted by atomic mass is 9.87. The zero-order valence-corrected chi connectivity index (χ0v) is 16.9. The molecule has 2 aromatic carbocycles. The van der Waals surface area contributed by atoms with Gasteiger partial charge in [0.05, 0.1) is 30.2 Å². The summed E-state index contributed by atoms with van der Waals surface area (Å²) in [4.78, 5) is 12.7. The van der Waals surface area contributed by atoms with Crippen LogP contribution in [0.4, 0.5) is 18.9 Å². The average molecular weight is 418 g/mol. The molecule has 0 aliphatic carbocycles. The van der Waals surface area contributed by atoms with E-state index in [4.69, 9.17) is 4.74 Å². The molecule has 0 fully saturated rings. The van der Waals surface area contributed by atoms with Gasteiger partial charge in [0.2, 0.25) is 0 Å². The van der Waals surface area contributed by atoms with Crippen LogP contribution in [0.15, 0.2) is 48.7 Å². The van der Waals surface area contributed by atoms with E-state index in [1.165, 1.54) is 25.3 Å². The standard InChI is InChI=1S/C21H21F3N4O2/c1-20(2,3)13-9-10-18(30-4)15(11-13)25-19(29)16-12-28(27-26-16)17-8-6-5-7-14(17)21(22,23)24/h5-12H,1-4H3,(H,25,29). The Morgan fingerprint density at radius 1 is 1.10 bits per heavy atom. The normalized spacial score (nSPS) is 12.0. The number of nitrogens with one attached hydrogen (secondary N) is 1. The number of para-hydroxylation sites is 1. The van der Waals surface area contributed by atoms with Gasteiger partial charge >= 0.3 is 6.18 Å². The summed E-state index contributed by atoms with van der Waals surface area (Å²) in [6.45, 7) is 6.10. The first kappa shape index (κ1) is 21.4. The van der Waals surface area contributed by atoms with Crippen molar-refractivity contribution >= 4 is 11.6 Å². The first-order chi connectivity index (χ1) is 14.0. The first-order valence-electron chi connectivity index (χ1n) is 9.09. The molecule has 0 aliphatic heterocycles. The van der Waals surface area contributed by atoms with Gasteiger partial charge in [-0.15, -0.1) is 5.10 Å². The Morgan fingerprint density at radius 2 is 1.80 bits per heavy atom. The predicted molar refractivity (Wildman–Crippen MR) is 106 cm³/mol. The zero-order valence-electron chi connectivity index (χ0n) is 16.9. The second-order valence-corrected chi connectivity index (χ2v) is 7.68. The van der Waals surface area contributed by atoms with Crippen LogP contribution in [0, 0.1) is 0 Å². The molecule has 1 aromatic heterocycles. The van der Waals surface area contributed by atoms with Gasteiger partial charge in [-0.3, -0.25) is 4.79 Å². The zero-order chi connectivity index (χ0) is 22.1. The topological polar surface area (TPSA) is 69.0 Å². The molecule has 0 saturated heterocycles. The summed E-state index contributed by atoms with van der Waals surface area (Å²) in [7, 11) is 1.48. The number of alkyl halides is 3. The quantitative estimate of drug-likeness (QED) is 0.658. The van der Waals surface area contributed by atoms with Gasteiger partial charge in [-0.1, -0.05) is 44.2 Å². The van der Waals surface area contributed by atoms with Crippen molar-refractivity contribution in [3.63, 3.8) is 0 Å². The molecule has 30 heavy (non-hydrogen) atoms. The number of aromatic nitrogens is 3. The number of carbonyl (C=O) groups is 1. The predicted octanol–water partition coefficient (Wildman–Crippen LogP) is 4.84. The molecule has 3 rings (SSSR count). The highest BCUT2D eigenvalue weighted by Crippen LogP contribution is 2.34. The van der Waals surface area contributed by atoms with Gasteiger partial charge in [-0.2, -0.15) is 13.2 Å². The number of ether oxygens (including phenoxy) is 1. The second-order valence-electron chi connectivity index (χ2n) is 7.68. The fourth-order valence-corrected chi connectivity index (χ4v) is 2.86. The van der Waals surface area contributed by atoms with Gasteiger partial charge in [0, 0.05) is 0 Å². The molecule has 0 spiro atoms. The number of hydrogen-bond acceptors (Lipinski definition) is 4. The van der Waals surface area contributed by atoms with Crippen LogP contribution in [-0.4, -0.2) is 28.0 Å². The summed E-state index contributed by atoms with van der Waals surface area (Å²) < 4.78 is 46.0. The van der Waals surface area contributed by atoms with E-state index in [0.717, 1.165) is 22.5 Å². The van der Waals surface area contributed by atoms with E-state index < -0.39 is 17.6 Å². The Kier molecular flexibility index (Phi) is 5.56. The van der Waals surface area contributed by atoms with Crippen LogP contribution in [0.5, 0.6) is 5.75 Å². The van der Waals surface area contributed by atoms with E-state index >= 15 is 0 Å². The highest BCUT2D eigenvalue weighted by atomic mass is 19.4. The maximum absolute atomic E-state index is 13.2. The molecule has 1 N–H and O–H groups in total. The van der Waals surface area contributed by atoms with Crippen LogP contribution in [0.2, 0.25) is 0 Å². The Morgan fingerprint density at radius 3 is 2.43 bits per heavy atom. The van der Waals surface area contributed by atoms with Crippen molar-refractivity contribution in [3.05, 3.63) is 65.5 Å². The number of amides is 1. The third-order valence-electron chi connectivity index (χ3n) is 4.50. The number of rotatable bonds is 4. The molecule has 0 radical (unpaired) electrons. The summed E-state index contributed by atoms with van der Waals surface area (Å²) >= 11 is 0. The highest BCUT2D eigenvalue weighted by molar-refractivity contribution is 6.03. The van der Waals surface area contributed by atoms with Crippen molar-refractivity contribution in [2.24, 2.45) is 0 Å². The van der Waals surface area contributed by atoms with E-state index in [0.29, 0.717) is 11.4 Å². The lowest BCUT2D eigenvalue weighted by molar-refractivity contribution is -0.137. The van der Waals surface area contributed by atoms with Crippen LogP contribution >= 0.6 is 0 Å². The Balaban J connectivity index is 1.91. The van der Waals surface area contributed by atoms with E-state index in [-0.39, 0.29) is 16.8 Å². The average Bonchev–Trinajstić information content (AvgIpc) is 3.17. The highest BCUT2D eigenvalue weighted by Gasteiger charge is 2.34. The smallest absolute Gasteiger partial charge is 0.418 e. The molecule has 0 unspecified atom stereocenters. The Hall–Kier alpha value is -3.36. The lowest BCUT2D eigenvalue weighted by Crippen LogP contribution is -2.16. The van der Waals surface area contributed by atoms with Gasteiger partial charge in [0.1, 0.15) is 5.75 Å². The van der Waals surface area contributed by atoms with E-state index in [1.54, 1.807) is 12.1 Å². The number of anilines is 1. The molecule has 3 aromatic rings. The summed E-state index contributed by atoms with van der Waals surface area (Å²) in [6, 6.07) is 10.4. The summed E-state index contributed by atoms with van der Waals surface area (Å²) in [5, 5.41) is 10.1. The fourth-order valence-electron chi connectivity index (χ4n) is 2.86. The number of benzene rings is 2. The van der Waals surface area contributed by atoms with Crippen LogP contribution in [0.25, 0.3) is 5.69 Å². The van der Waals surface area contributed by atoms with Crippen LogP contribution in [-0.2, 0) is 11.6 Å². The first-order valence-corrected chi connectivity index (χ1v) is 9.09. The van der Waals surface area contributed by atoms with Crippen molar-refractivity contribution in [3.8, 4) is 11.4 Å². The van der Waals surface area contributed by atoms with Crippen molar-refractivity contribution in [2.45, 2.75) is 32.4 Å². The number of nitrogens with zero attached hydrogens (tertiary/aromatic N) is 3. The van der Waals surface area contributed by atoms with Gasteiger partial charge in [-0.05, 0) is 35.2 Å². The molecule has 158 valence electrons. The largest absolute Gasteiger partial charge is 0.495 e. The third-order valence-corrected chi connectivity index (χ3v) is 4.50. The SMILES string of the molecule is COc1ccc(C(C)(C)C)cc1NC(=O)c1cn(-c2ccccc2C(F)(F)F)nn1. The van der Waals surface area contributed by atoms with Gasteiger partial charge in [0.25, 0.3) is 5.91 Å². The second kappa shape index (κ2) is 7.81. The maximum Gasteiger partial charge on any atom is 0.418 e. The van der Waals surface area contributed by atoms with Crippen LogP contribution < -0.4 is 10.1 Å². The molecule has 6 nitrogen and oxygen atoms in total. The third kappa shape index (κ3) is 4.45. The van der Waals surface area contributed by atoms with Crippen LogP contribution in [0.1, 0.15) is 42.4 Å². The minimum Gasteiger partial charge on any atom is -0.495 e. The molecule has 0 aliphatic rings. The number of carbonyl (C=O) groups excluding carboxylic acids is 1. The molecule has 1 amide bonds. The van der Waals surface area contributed by atoms with E-state index in [2.05, 4.69) is 15.6 Å². The number of hydrogen-bond donors (Lipinski definition) is 1.